The quantitative estimate of drug-likeness (QED) is 0.422. The average Bonchev–Trinajstić information content (AvgIpc) is 2.13. The second-order valence-electron chi connectivity index (χ2n) is 3.24. The van der Waals surface area contributed by atoms with Gasteiger partial charge in [0.1, 0.15) is 6.10 Å². The van der Waals surface area contributed by atoms with Gasteiger partial charge in [-0.3, -0.25) is 9.32 Å². The SMILES string of the molecule is CCCCCC(=O)C(CN)OP(=O)(O)O. The van der Waals surface area contributed by atoms with Crippen molar-refractivity contribution in [2.75, 3.05) is 6.54 Å². The first kappa shape index (κ1) is 14.7. The van der Waals surface area contributed by atoms with Crippen LogP contribution in [0.3, 0.4) is 0 Å². The molecule has 7 heteroatoms. The summed E-state index contributed by atoms with van der Waals surface area (Å²) in [5, 5.41) is 0. The molecule has 6 nitrogen and oxygen atoms in total. The first-order valence-corrected chi connectivity index (χ1v) is 6.40. The molecule has 0 fully saturated rings. The summed E-state index contributed by atoms with van der Waals surface area (Å²) >= 11 is 0. The van der Waals surface area contributed by atoms with Crippen LogP contribution in [0.2, 0.25) is 0 Å². The van der Waals surface area contributed by atoms with E-state index in [9.17, 15) is 9.36 Å². The van der Waals surface area contributed by atoms with Crippen molar-refractivity contribution >= 4 is 13.6 Å². The lowest BCUT2D eigenvalue weighted by atomic mass is 10.1. The zero-order valence-corrected chi connectivity index (χ0v) is 9.65. The standard InChI is InChI=1S/C8H18NO5P/c1-2-3-4-5-7(10)8(6-9)14-15(11,12)13/h8H,2-6,9H2,1H3,(H2,11,12,13). The minimum absolute atomic E-state index is 0.212. The van der Waals surface area contributed by atoms with Crippen LogP contribution in [0.5, 0.6) is 0 Å². The topological polar surface area (TPSA) is 110 Å². The van der Waals surface area contributed by atoms with E-state index in [0.717, 1.165) is 12.8 Å². The Morgan fingerprint density at radius 1 is 1.47 bits per heavy atom. The molecule has 0 radical (unpaired) electrons. The Hall–Kier alpha value is -0.260. The number of Topliss-reactive ketones (excluding diaryl/α,β-unsaturated/α-hetero) is 1. The predicted octanol–water partition coefficient (Wildman–Crippen LogP) is 0.572. The van der Waals surface area contributed by atoms with Crippen LogP contribution in [0.15, 0.2) is 0 Å². The van der Waals surface area contributed by atoms with Crippen LogP contribution in [0.4, 0.5) is 0 Å². The summed E-state index contributed by atoms with van der Waals surface area (Å²) in [5.41, 5.74) is 5.20. The lowest BCUT2D eigenvalue weighted by Gasteiger charge is -2.14. The molecule has 0 saturated heterocycles. The molecule has 0 spiro atoms. The summed E-state index contributed by atoms with van der Waals surface area (Å²) in [6.07, 6.45) is 1.62. The molecule has 0 rings (SSSR count). The number of ketones is 1. The highest BCUT2D eigenvalue weighted by molar-refractivity contribution is 7.46. The fourth-order valence-corrected chi connectivity index (χ4v) is 1.64. The van der Waals surface area contributed by atoms with Gasteiger partial charge >= 0.3 is 7.82 Å². The third-order valence-electron chi connectivity index (χ3n) is 1.86. The van der Waals surface area contributed by atoms with Crippen molar-refractivity contribution in [1.82, 2.24) is 0 Å². The molecule has 0 aliphatic carbocycles. The number of hydrogen-bond acceptors (Lipinski definition) is 4. The Balaban J connectivity index is 4.05. The van der Waals surface area contributed by atoms with E-state index < -0.39 is 13.9 Å². The third kappa shape index (κ3) is 7.64. The Morgan fingerprint density at radius 2 is 2.07 bits per heavy atom. The number of hydrogen-bond donors (Lipinski definition) is 3. The maximum Gasteiger partial charge on any atom is 0.470 e. The van der Waals surface area contributed by atoms with E-state index in [1.54, 1.807) is 0 Å². The van der Waals surface area contributed by atoms with E-state index in [1.165, 1.54) is 0 Å². The molecule has 0 amide bonds. The number of phosphoric acid groups is 1. The van der Waals surface area contributed by atoms with Gasteiger partial charge in [0.2, 0.25) is 0 Å². The van der Waals surface area contributed by atoms with Gasteiger partial charge in [-0.15, -0.1) is 0 Å². The van der Waals surface area contributed by atoms with E-state index in [0.29, 0.717) is 6.42 Å². The summed E-state index contributed by atoms with van der Waals surface area (Å²) in [5.74, 6) is -0.353. The molecule has 0 aliphatic heterocycles. The number of phosphoric ester groups is 1. The molecule has 1 unspecified atom stereocenters. The van der Waals surface area contributed by atoms with Crippen molar-refractivity contribution in [2.24, 2.45) is 5.73 Å². The normalized spacial score (nSPS) is 13.9. The summed E-state index contributed by atoms with van der Waals surface area (Å²) in [7, 11) is -4.63. The van der Waals surface area contributed by atoms with E-state index >= 15 is 0 Å². The second-order valence-corrected chi connectivity index (χ2v) is 4.44. The Kier molecular flexibility index (Phi) is 6.96. The fourth-order valence-electron chi connectivity index (χ4n) is 1.11. The van der Waals surface area contributed by atoms with Gasteiger partial charge in [0.05, 0.1) is 0 Å². The van der Waals surface area contributed by atoms with Crippen LogP contribution < -0.4 is 5.73 Å². The first-order chi connectivity index (χ1) is 6.90. The Morgan fingerprint density at radius 3 is 2.47 bits per heavy atom. The second kappa shape index (κ2) is 7.09. The molecule has 0 saturated carbocycles. The largest absolute Gasteiger partial charge is 0.470 e. The van der Waals surface area contributed by atoms with Gasteiger partial charge in [0, 0.05) is 13.0 Å². The van der Waals surface area contributed by atoms with Crippen LogP contribution in [0.1, 0.15) is 32.6 Å². The molecule has 0 aliphatic rings. The van der Waals surface area contributed by atoms with Crippen molar-refractivity contribution in [3.8, 4) is 0 Å². The lowest BCUT2D eigenvalue weighted by molar-refractivity contribution is -0.126. The molecule has 4 N–H and O–H groups in total. The van der Waals surface area contributed by atoms with Gasteiger partial charge in [-0.25, -0.2) is 4.57 Å². The molecule has 0 heterocycles. The van der Waals surface area contributed by atoms with E-state index in [4.69, 9.17) is 15.5 Å². The van der Waals surface area contributed by atoms with Crippen molar-refractivity contribution in [1.29, 1.82) is 0 Å². The van der Waals surface area contributed by atoms with E-state index in [-0.39, 0.29) is 18.7 Å². The highest BCUT2D eigenvalue weighted by Gasteiger charge is 2.26. The first-order valence-electron chi connectivity index (χ1n) is 4.87. The molecular formula is C8H18NO5P. The highest BCUT2D eigenvalue weighted by Crippen LogP contribution is 2.37. The number of carbonyl (C=O) groups is 1. The highest BCUT2D eigenvalue weighted by atomic mass is 31.2. The van der Waals surface area contributed by atoms with Gasteiger partial charge < -0.3 is 15.5 Å². The van der Waals surface area contributed by atoms with E-state index in [1.807, 2.05) is 6.92 Å². The molecule has 0 aromatic carbocycles. The maximum absolute atomic E-state index is 11.4. The lowest BCUT2D eigenvalue weighted by Crippen LogP contribution is -2.31. The predicted molar refractivity (Wildman–Crippen MR) is 55.1 cm³/mol. The van der Waals surface area contributed by atoms with Gasteiger partial charge in [-0.05, 0) is 6.42 Å². The van der Waals surface area contributed by atoms with Crippen molar-refractivity contribution in [3.63, 3.8) is 0 Å². The molecule has 90 valence electrons. The van der Waals surface area contributed by atoms with Crippen LogP contribution in [0, 0.1) is 0 Å². The molecule has 0 aromatic heterocycles. The zero-order chi connectivity index (χ0) is 11.9. The maximum atomic E-state index is 11.4. The molecule has 15 heavy (non-hydrogen) atoms. The monoisotopic (exact) mass is 239 g/mol. The number of unbranched alkanes of at least 4 members (excludes halogenated alkanes) is 2. The van der Waals surface area contributed by atoms with Gasteiger partial charge in [-0.2, -0.15) is 0 Å². The number of rotatable bonds is 8. The average molecular weight is 239 g/mol. The molecule has 1 atom stereocenters. The molecule has 0 bridgehead atoms. The minimum Gasteiger partial charge on any atom is -0.328 e. The summed E-state index contributed by atoms with van der Waals surface area (Å²) < 4.78 is 14.8. The van der Waals surface area contributed by atoms with Gasteiger partial charge in [0.25, 0.3) is 0 Å². The summed E-state index contributed by atoms with van der Waals surface area (Å²) in [4.78, 5) is 28.4. The van der Waals surface area contributed by atoms with Crippen molar-refractivity contribution in [2.45, 2.75) is 38.7 Å². The zero-order valence-electron chi connectivity index (χ0n) is 8.76. The minimum atomic E-state index is -4.63. The van der Waals surface area contributed by atoms with Crippen molar-refractivity contribution < 1.29 is 23.7 Å². The number of carbonyl (C=O) groups excluding carboxylic acids is 1. The summed E-state index contributed by atoms with van der Waals surface area (Å²) in [6.45, 7) is 1.78. The molecule has 0 aromatic rings. The van der Waals surface area contributed by atoms with E-state index in [2.05, 4.69) is 4.52 Å². The van der Waals surface area contributed by atoms with Crippen LogP contribution in [-0.2, 0) is 13.9 Å². The fraction of sp³-hybridized carbons (Fsp3) is 0.875. The Bertz CT molecular complexity index is 239. The number of nitrogens with two attached hydrogens (primary N) is 1. The molecular weight excluding hydrogens is 221 g/mol. The van der Waals surface area contributed by atoms with Crippen LogP contribution in [-0.4, -0.2) is 28.2 Å². The van der Waals surface area contributed by atoms with Gasteiger partial charge in [0.15, 0.2) is 5.78 Å². The smallest absolute Gasteiger partial charge is 0.328 e. The Labute approximate surface area is 89.0 Å². The summed E-state index contributed by atoms with van der Waals surface area (Å²) in [6, 6.07) is 0. The van der Waals surface area contributed by atoms with Crippen LogP contribution >= 0.6 is 7.82 Å². The van der Waals surface area contributed by atoms with Crippen LogP contribution in [0.25, 0.3) is 0 Å². The van der Waals surface area contributed by atoms with Crippen molar-refractivity contribution in [3.05, 3.63) is 0 Å². The van der Waals surface area contributed by atoms with Gasteiger partial charge in [-0.1, -0.05) is 19.8 Å². The third-order valence-corrected chi connectivity index (χ3v) is 2.39.